The molecular formula is C38H57BNO3-. The lowest BCUT2D eigenvalue weighted by atomic mass is 9.71. The summed E-state index contributed by atoms with van der Waals surface area (Å²) >= 11 is 0. The molecule has 1 unspecified atom stereocenters. The first-order valence-corrected chi connectivity index (χ1v) is 16.9. The van der Waals surface area contributed by atoms with Crippen molar-refractivity contribution in [3.63, 3.8) is 0 Å². The lowest BCUT2D eigenvalue weighted by Crippen LogP contribution is -2.55. The van der Waals surface area contributed by atoms with Crippen LogP contribution in [0.1, 0.15) is 115 Å². The van der Waals surface area contributed by atoms with Gasteiger partial charge in [0.1, 0.15) is 5.60 Å². The monoisotopic (exact) mass is 586 g/mol. The predicted molar refractivity (Wildman–Crippen MR) is 179 cm³/mol. The van der Waals surface area contributed by atoms with Gasteiger partial charge in [-0.15, -0.1) is 0 Å². The fourth-order valence-corrected chi connectivity index (χ4v) is 6.40. The highest BCUT2D eigenvalue weighted by molar-refractivity contribution is 6.28. The van der Waals surface area contributed by atoms with Crippen LogP contribution in [0.25, 0.3) is 0 Å². The lowest BCUT2D eigenvalue weighted by Gasteiger charge is -2.48. The molecule has 3 rings (SSSR count). The third kappa shape index (κ3) is 11.2. The van der Waals surface area contributed by atoms with Gasteiger partial charge in [0.2, 0.25) is 0 Å². The number of nitrogens with zero attached hydrogens (tertiary/aromatic N) is 1. The van der Waals surface area contributed by atoms with Crippen molar-refractivity contribution in [1.82, 2.24) is 0 Å². The maximum atomic E-state index is 11.8. The highest BCUT2D eigenvalue weighted by Gasteiger charge is 2.42. The van der Waals surface area contributed by atoms with Gasteiger partial charge in [0, 0.05) is 5.92 Å². The molecule has 0 spiro atoms. The summed E-state index contributed by atoms with van der Waals surface area (Å²) in [6.45, 7) is 17.1. The van der Waals surface area contributed by atoms with E-state index in [-0.39, 0.29) is 5.92 Å². The molecule has 0 aliphatic carbocycles. The SMILES string of the molecule is CCC(c1ccccc1)C(OB([O-])[O-])(c1ccccc1)c1ccccc1.CCCC[N+](CCCC)(CCCC)CCCC. The smallest absolute Gasteiger partial charge is 0.106 e. The van der Waals surface area contributed by atoms with E-state index in [1.54, 1.807) is 0 Å². The lowest BCUT2D eigenvalue weighted by molar-refractivity contribution is -0.929. The summed E-state index contributed by atoms with van der Waals surface area (Å²) in [7, 11) is -2.40. The van der Waals surface area contributed by atoms with Crippen LogP contribution >= 0.6 is 0 Å². The van der Waals surface area contributed by atoms with Gasteiger partial charge in [-0.05, 0) is 48.8 Å². The summed E-state index contributed by atoms with van der Waals surface area (Å²) in [5.41, 5.74) is 1.49. The molecule has 236 valence electrons. The number of hydrogen-bond acceptors (Lipinski definition) is 3. The molecule has 0 saturated carbocycles. The number of benzene rings is 3. The Morgan fingerprint density at radius 3 is 1.23 bits per heavy atom. The number of rotatable bonds is 19. The zero-order chi connectivity index (χ0) is 31.4. The van der Waals surface area contributed by atoms with E-state index < -0.39 is 12.9 Å². The number of quaternary nitrogens is 1. The Morgan fingerprint density at radius 1 is 0.581 bits per heavy atom. The normalized spacial score (nSPS) is 12.3. The summed E-state index contributed by atoms with van der Waals surface area (Å²) in [5, 5.41) is 23.5. The molecule has 0 N–H and O–H groups in total. The van der Waals surface area contributed by atoms with Crippen molar-refractivity contribution in [1.29, 1.82) is 0 Å². The van der Waals surface area contributed by atoms with E-state index in [0.717, 1.165) is 16.7 Å². The van der Waals surface area contributed by atoms with Crippen LogP contribution in [-0.4, -0.2) is 38.0 Å². The van der Waals surface area contributed by atoms with Gasteiger partial charge in [0.25, 0.3) is 0 Å². The molecular weight excluding hydrogens is 529 g/mol. The Hall–Kier alpha value is -2.44. The highest BCUT2D eigenvalue weighted by Crippen LogP contribution is 2.47. The number of hydrogen-bond donors (Lipinski definition) is 0. The van der Waals surface area contributed by atoms with Gasteiger partial charge < -0.3 is 19.2 Å². The van der Waals surface area contributed by atoms with Gasteiger partial charge in [-0.3, -0.25) is 0 Å². The van der Waals surface area contributed by atoms with Crippen LogP contribution in [0.2, 0.25) is 0 Å². The molecule has 0 saturated heterocycles. The Kier molecular flexibility index (Phi) is 17.5. The van der Waals surface area contributed by atoms with Gasteiger partial charge in [0.05, 0.1) is 33.5 Å². The second-order valence-corrected chi connectivity index (χ2v) is 11.9. The van der Waals surface area contributed by atoms with E-state index in [0.29, 0.717) is 6.42 Å². The molecule has 5 heteroatoms. The van der Waals surface area contributed by atoms with Crippen LogP contribution in [0.4, 0.5) is 0 Å². The van der Waals surface area contributed by atoms with Gasteiger partial charge in [0.15, 0.2) is 0 Å². The first-order valence-electron chi connectivity index (χ1n) is 16.9. The van der Waals surface area contributed by atoms with Gasteiger partial charge in [-0.25, -0.2) is 0 Å². The summed E-state index contributed by atoms with van der Waals surface area (Å²) in [4.78, 5) is 0. The van der Waals surface area contributed by atoms with Crippen molar-refractivity contribution in [2.45, 2.75) is 104 Å². The Balaban J connectivity index is 0.000000332. The molecule has 3 aromatic carbocycles. The Labute approximate surface area is 263 Å². The average Bonchev–Trinajstić information content (AvgIpc) is 3.05. The maximum Gasteiger partial charge on any atom is 0.106 e. The molecule has 43 heavy (non-hydrogen) atoms. The third-order valence-electron chi connectivity index (χ3n) is 8.73. The van der Waals surface area contributed by atoms with Crippen LogP contribution in [0, 0.1) is 0 Å². The molecule has 0 aliphatic heterocycles. The van der Waals surface area contributed by atoms with E-state index in [4.69, 9.17) is 4.65 Å². The van der Waals surface area contributed by atoms with Crippen molar-refractivity contribution < 1.29 is 19.2 Å². The topological polar surface area (TPSA) is 55.3 Å². The second kappa shape index (κ2) is 20.5. The molecule has 3 aromatic rings. The van der Waals surface area contributed by atoms with Crippen LogP contribution < -0.4 is 10.0 Å². The fraction of sp³-hybridized carbons (Fsp3) is 0.526. The minimum absolute atomic E-state index is 0.182. The number of unbranched alkanes of at least 4 members (excludes halogenated alkanes) is 4. The zero-order valence-electron chi connectivity index (χ0n) is 27.7. The third-order valence-corrected chi connectivity index (χ3v) is 8.73. The van der Waals surface area contributed by atoms with Crippen molar-refractivity contribution in [2.75, 3.05) is 26.2 Å². The van der Waals surface area contributed by atoms with E-state index in [9.17, 15) is 10.0 Å². The van der Waals surface area contributed by atoms with Crippen molar-refractivity contribution >= 4 is 7.32 Å². The minimum Gasteiger partial charge on any atom is -0.871 e. The molecule has 0 aromatic heterocycles. The molecule has 0 heterocycles. The molecule has 0 fully saturated rings. The van der Waals surface area contributed by atoms with Crippen molar-refractivity contribution in [3.8, 4) is 0 Å². The standard InChI is InChI=1S/C22H21BO3.C16H36N/c1-2-21(18-12-6-3-7-13-18)22(26-23(24)25,19-14-8-4-9-15-19)20-16-10-5-11-17-20;1-5-9-13-17(14-10-6-2,15-11-7-3)16-12-8-4/h3-17,21H,2H2,1H3;5-16H2,1-4H3/q-2;+1. The second-order valence-electron chi connectivity index (χ2n) is 11.9. The average molecular weight is 587 g/mol. The first-order chi connectivity index (χ1) is 20.9. The molecule has 1 atom stereocenters. The molecule has 0 radical (unpaired) electrons. The fourth-order valence-electron chi connectivity index (χ4n) is 6.40. The first kappa shape index (κ1) is 36.8. The van der Waals surface area contributed by atoms with Crippen molar-refractivity contribution in [2.24, 2.45) is 0 Å². The van der Waals surface area contributed by atoms with Crippen molar-refractivity contribution in [3.05, 3.63) is 108 Å². The van der Waals surface area contributed by atoms with E-state index in [2.05, 4.69) is 27.7 Å². The molecule has 0 aliphatic rings. The van der Waals surface area contributed by atoms with Crippen LogP contribution in [0.15, 0.2) is 91.0 Å². The largest absolute Gasteiger partial charge is 0.871 e. The zero-order valence-corrected chi connectivity index (χ0v) is 27.7. The summed E-state index contributed by atoms with van der Waals surface area (Å²) in [6, 6.07) is 29.0. The Morgan fingerprint density at radius 2 is 0.930 bits per heavy atom. The Bertz CT molecular complexity index is 1000. The van der Waals surface area contributed by atoms with Gasteiger partial charge in [-0.2, -0.15) is 0 Å². The predicted octanol–water partition coefficient (Wildman–Crippen LogP) is 7.85. The van der Waals surface area contributed by atoms with Crippen LogP contribution in [0.3, 0.4) is 0 Å². The maximum absolute atomic E-state index is 11.8. The molecule has 0 bridgehead atoms. The molecule has 0 amide bonds. The minimum atomic E-state index is -2.40. The molecule has 4 nitrogen and oxygen atoms in total. The quantitative estimate of drug-likeness (QED) is 0.106. The summed E-state index contributed by atoms with van der Waals surface area (Å²) in [6.07, 6.45) is 11.8. The summed E-state index contributed by atoms with van der Waals surface area (Å²) in [5.74, 6) is -0.182. The van der Waals surface area contributed by atoms with Crippen LogP contribution in [0.5, 0.6) is 0 Å². The summed E-state index contributed by atoms with van der Waals surface area (Å²) < 4.78 is 7.13. The highest BCUT2D eigenvalue weighted by atomic mass is 16.6. The van der Waals surface area contributed by atoms with E-state index in [1.807, 2.05) is 97.9 Å². The van der Waals surface area contributed by atoms with Gasteiger partial charge >= 0.3 is 0 Å². The van der Waals surface area contributed by atoms with Crippen LogP contribution in [-0.2, 0) is 10.3 Å². The van der Waals surface area contributed by atoms with Gasteiger partial charge in [-0.1, -0.05) is 151 Å². The van der Waals surface area contributed by atoms with E-state index in [1.165, 1.54) is 82.0 Å². The van der Waals surface area contributed by atoms with E-state index >= 15 is 0 Å².